The van der Waals surface area contributed by atoms with Crippen molar-refractivity contribution in [3.8, 4) is 17.2 Å². The topological polar surface area (TPSA) is 111 Å². The predicted octanol–water partition coefficient (Wildman–Crippen LogP) is 6.58. The molecule has 0 bridgehead atoms. The Labute approximate surface area is 263 Å². The molecule has 1 saturated heterocycles. The number of anilines is 1. The Morgan fingerprint density at radius 1 is 1.02 bits per heavy atom. The summed E-state index contributed by atoms with van der Waals surface area (Å²) in [4.78, 5) is 28.8. The van der Waals surface area contributed by atoms with E-state index in [9.17, 15) is 14.7 Å². The summed E-state index contributed by atoms with van der Waals surface area (Å²) in [6, 6.07) is 19.5. The minimum absolute atomic E-state index is 0.0141. The molecule has 1 N–H and O–H groups in total. The maximum Gasteiger partial charge on any atom is 0.301 e. The highest BCUT2D eigenvalue weighted by molar-refractivity contribution is 8.00. The van der Waals surface area contributed by atoms with Crippen LogP contribution in [-0.4, -0.2) is 46.3 Å². The first-order valence-corrected chi connectivity index (χ1v) is 16.2. The van der Waals surface area contributed by atoms with Crippen molar-refractivity contribution in [2.24, 2.45) is 0 Å². The van der Waals surface area contributed by atoms with E-state index in [1.165, 1.54) is 28.0 Å². The average Bonchev–Trinajstić information content (AvgIpc) is 3.72. The second kappa shape index (κ2) is 12.7. The van der Waals surface area contributed by atoms with Crippen LogP contribution < -0.4 is 19.1 Å². The molecule has 4 aromatic rings. The smallest absolute Gasteiger partial charge is 0.301 e. The zero-order valence-corrected chi connectivity index (χ0v) is 26.1. The molecule has 0 spiro atoms. The van der Waals surface area contributed by atoms with E-state index in [2.05, 4.69) is 10.2 Å². The van der Waals surface area contributed by atoms with E-state index in [1.807, 2.05) is 57.2 Å². The van der Waals surface area contributed by atoms with Crippen LogP contribution in [0.3, 0.4) is 0 Å². The number of fused-ring (bicyclic) bond motifs is 1. The van der Waals surface area contributed by atoms with Gasteiger partial charge in [-0.25, -0.2) is 0 Å². The number of Topliss-reactive ketones (excluding diaryl/α,β-unsaturated/α-hetero) is 1. The van der Waals surface area contributed by atoms with E-state index in [0.29, 0.717) is 52.4 Å². The molecule has 11 heteroatoms. The average molecular weight is 630 g/mol. The second-order valence-corrected chi connectivity index (χ2v) is 12.5. The number of aliphatic hydroxyl groups excluding tert-OH is 1. The number of hydrogen-bond acceptors (Lipinski definition) is 10. The number of amides is 1. The summed E-state index contributed by atoms with van der Waals surface area (Å²) in [6.45, 7) is 6.54. The van der Waals surface area contributed by atoms with Crippen molar-refractivity contribution < 1.29 is 28.9 Å². The van der Waals surface area contributed by atoms with Gasteiger partial charge >= 0.3 is 5.91 Å². The minimum Gasteiger partial charge on any atom is -0.507 e. The highest BCUT2D eigenvalue weighted by Crippen LogP contribution is 2.46. The number of hydrogen-bond donors (Lipinski definition) is 1. The normalized spacial score (nSPS) is 18.8. The van der Waals surface area contributed by atoms with Gasteiger partial charge in [-0.15, -0.1) is 10.2 Å². The number of carbonyl (C=O) groups is 2. The molecule has 0 aliphatic carbocycles. The summed E-state index contributed by atoms with van der Waals surface area (Å²) in [5.41, 5.74) is 3.00. The number of ketones is 1. The highest BCUT2D eigenvalue weighted by Gasteiger charge is 2.48. The Hall–Kier alpha value is -4.35. The molecule has 6 rings (SSSR count). The largest absolute Gasteiger partial charge is 0.507 e. The Morgan fingerprint density at radius 2 is 1.80 bits per heavy atom. The lowest BCUT2D eigenvalue weighted by molar-refractivity contribution is -0.132. The van der Waals surface area contributed by atoms with E-state index in [1.54, 1.807) is 30.3 Å². The van der Waals surface area contributed by atoms with Gasteiger partial charge in [-0.1, -0.05) is 59.5 Å². The maximum absolute atomic E-state index is 13.7. The van der Waals surface area contributed by atoms with Gasteiger partial charge in [0.15, 0.2) is 15.8 Å². The summed E-state index contributed by atoms with van der Waals surface area (Å²) in [7, 11) is 0. The first-order chi connectivity index (χ1) is 21.4. The molecule has 3 heterocycles. The molecule has 0 unspecified atom stereocenters. The second-order valence-electron chi connectivity index (χ2n) is 10.3. The van der Waals surface area contributed by atoms with Gasteiger partial charge in [0, 0.05) is 17.7 Å². The maximum atomic E-state index is 13.7. The molecule has 2 atom stereocenters. The zero-order valence-electron chi connectivity index (χ0n) is 24.5. The van der Waals surface area contributed by atoms with E-state index in [0.717, 1.165) is 16.9 Å². The molecule has 1 fully saturated rings. The monoisotopic (exact) mass is 629 g/mol. The first kappa shape index (κ1) is 29.7. The summed E-state index contributed by atoms with van der Waals surface area (Å²) < 4.78 is 18.1. The van der Waals surface area contributed by atoms with E-state index in [-0.39, 0.29) is 22.6 Å². The molecule has 2 aliphatic rings. The quantitative estimate of drug-likeness (QED) is 0.0684. The Bertz CT molecular complexity index is 1740. The van der Waals surface area contributed by atoms with Gasteiger partial charge in [0.1, 0.15) is 17.6 Å². The van der Waals surface area contributed by atoms with Crippen LogP contribution in [0.4, 0.5) is 5.13 Å². The fourth-order valence-electron chi connectivity index (χ4n) is 5.39. The fourth-order valence-corrected chi connectivity index (χ4v) is 7.21. The van der Waals surface area contributed by atoms with Crippen LogP contribution in [0, 0.1) is 0 Å². The van der Waals surface area contributed by atoms with Gasteiger partial charge in [-0.3, -0.25) is 14.5 Å². The van der Waals surface area contributed by atoms with Crippen molar-refractivity contribution in [1.29, 1.82) is 0 Å². The third kappa shape index (κ3) is 5.77. The molecule has 3 aromatic carbocycles. The molecule has 0 saturated carbocycles. The predicted molar refractivity (Wildman–Crippen MR) is 170 cm³/mol. The summed E-state index contributed by atoms with van der Waals surface area (Å²) in [5, 5.41) is 20.6. The van der Waals surface area contributed by atoms with Crippen molar-refractivity contribution in [2.45, 2.75) is 49.4 Å². The van der Waals surface area contributed by atoms with Crippen molar-refractivity contribution >= 4 is 45.7 Å². The van der Waals surface area contributed by atoms with Gasteiger partial charge in [0.2, 0.25) is 5.13 Å². The first-order valence-electron chi connectivity index (χ1n) is 14.4. The van der Waals surface area contributed by atoms with E-state index < -0.39 is 17.7 Å². The highest BCUT2D eigenvalue weighted by atomic mass is 32.2. The number of rotatable bonds is 10. The van der Waals surface area contributed by atoms with Crippen LogP contribution in [0.25, 0.3) is 5.76 Å². The Kier molecular flexibility index (Phi) is 8.58. The third-order valence-electron chi connectivity index (χ3n) is 7.30. The van der Waals surface area contributed by atoms with Gasteiger partial charge in [0.25, 0.3) is 5.78 Å². The van der Waals surface area contributed by atoms with Crippen LogP contribution in [0.15, 0.2) is 76.6 Å². The number of aliphatic hydroxyl groups is 1. The third-order valence-corrected chi connectivity index (χ3v) is 9.43. The van der Waals surface area contributed by atoms with Gasteiger partial charge in [-0.05, 0) is 67.8 Å². The molecule has 44 heavy (non-hydrogen) atoms. The zero-order chi connectivity index (χ0) is 30.8. The molecule has 226 valence electrons. The molecule has 0 radical (unpaired) electrons. The van der Waals surface area contributed by atoms with Crippen molar-refractivity contribution in [1.82, 2.24) is 10.2 Å². The van der Waals surface area contributed by atoms with Crippen molar-refractivity contribution in [3.63, 3.8) is 0 Å². The lowest BCUT2D eigenvalue weighted by atomic mass is 9.94. The van der Waals surface area contributed by atoms with Crippen LogP contribution in [0.1, 0.15) is 49.1 Å². The lowest BCUT2D eigenvalue weighted by Crippen LogP contribution is -2.29. The summed E-state index contributed by atoms with van der Waals surface area (Å²) >= 11 is 2.72. The Balaban J connectivity index is 1.43. The van der Waals surface area contributed by atoms with Crippen LogP contribution in [0.5, 0.6) is 17.2 Å². The molecule has 2 aliphatic heterocycles. The van der Waals surface area contributed by atoms with Crippen molar-refractivity contribution in [2.75, 3.05) is 18.1 Å². The SMILES string of the molecule is CCOc1ccc([C@@H]2/C(=C(\O)c3ccc4c(c3)C[C@H](C)O4)C(=O)C(=O)N2c2nnc(SCc3ccccc3)s2)cc1OCC. The number of nitrogens with zero attached hydrogens (tertiary/aromatic N) is 3. The molecule has 1 amide bonds. The van der Waals surface area contributed by atoms with Crippen LogP contribution in [0.2, 0.25) is 0 Å². The summed E-state index contributed by atoms with van der Waals surface area (Å²) in [5.74, 6) is 0.558. The fraction of sp³-hybridized carbons (Fsp3) is 0.273. The number of ether oxygens (including phenoxy) is 3. The van der Waals surface area contributed by atoms with Gasteiger partial charge < -0.3 is 19.3 Å². The number of benzene rings is 3. The summed E-state index contributed by atoms with van der Waals surface area (Å²) in [6.07, 6.45) is 0.694. The Morgan fingerprint density at radius 3 is 2.57 bits per heavy atom. The van der Waals surface area contributed by atoms with Gasteiger partial charge in [0.05, 0.1) is 24.8 Å². The standard InChI is InChI=1S/C33H31N3O6S2/c1-4-40-25-14-11-21(17-26(25)41-5-2)28-27(29(37)22-12-13-24-23(16-22)15-19(3)42-24)30(38)31(39)36(28)32-34-35-33(44-32)43-18-20-9-7-6-8-10-20/h6-14,16-17,19,28,37H,4-5,15,18H2,1-3H3/b29-27+/t19-,28+/m0/s1. The molecule has 1 aromatic heterocycles. The van der Waals surface area contributed by atoms with E-state index in [4.69, 9.17) is 14.2 Å². The number of aromatic nitrogens is 2. The molecular formula is C33H31N3O6S2. The number of carbonyl (C=O) groups excluding carboxylic acids is 2. The van der Waals surface area contributed by atoms with E-state index >= 15 is 0 Å². The number of thioether (sulfide) groups is 1. The minimum atomic E-state index is -0.978. The van der Waals surface area contributed by atoms with Crippen LogP contribution >= 0.6 is 23.1 Å². The lowest BCUT2D eigenvalue weighted by Gasteiger charge is -2.23. The van der Waals surface area contributed by atoms with Crippen LogP contribution in [-0.2, 0) is 21.8 Å². The molecule has 9 nitrogen and oxygen atoms in total. The van der Waals surface area contributed by atoms with Crippen molar-refractivity contribution in [3.05, 3.63) is 94.6 Å². The molecular weight excluding hydrogens is 599 g/mol. The van der Waals surface area contributed by atoms with Gasteiger partial charge in [-0.2, -0.15) is 0 Å².